The number of hydrogen-bond donors (Lipinski definition) is 2. The first kappa shape index (κ1) is 15.2. The minimum absolute atomic E-state index is 0.166. The van der Waals surface area contributed by atoms with Crippen LogP contribution in [0, 0.1) is 0 Å². The van der Waals surface area contributed by atoms with E-state index in [2.05, 4.69) is 21.8 Å². The standard InChI is InChI=1S/C17H18N4O2S/c1-11-8-12-9-13(24(18,22)23)6-7-16(12)21(11)10-17-19-14-4-2-3-5-15(14)20-17/h2-7,9,11H,8,10H2,1H3,(H,19,20)(H2,18,22,23). The Kier molecular flexibility index (Phi) is 3.36. The number of sulfonamides is 1. The Bertz CT molecular complexity index is 993. The molecule has 0 fully saturated rings. The largest absolute Gasteiger partial charge is 0.361 e. The molecule has 4 rings (SSSR count). The van der Waals surface area contributed by atoms with Crippen LogP contribution in [0.25, 0.3) is 11.0 Å². The van der Waals surface area contributed by atoms with Crippen LogP contribution < -0.4 is 10.0 Å². The van der Waals surface area contributed by atoms with Gasteiger partial charge < -0.3 is 9.88 Å². The maximum Gasteiger partial charge on any atom is 0.238 e. The summed E-state index contributed by atoms with van der Waals surface area (Å²) in [4.78, 5) is 10.4. The fourth-order valence-electron chi connectivity index (χ4n) is 3.33. The van der Waals surface area contributed by atoms with Crippen molar-refractivity contribution in [3.8, 4) is 0 Å². The van der Waals surface area contributed by atoms with E-state index in [9.17, 15) is 8.42 Å². The number of nitrogens with zero attached hydrogens (tertiary/aromatic N) is 2. The van der Waals surface area contributed by atoms with Crippen molar-refractivity contribution in [2.45, 2.75) is 30.8 Å². The van der Waals surface area contributed by atoms with Gasteiger partial charge in [-0.25, -0.2) is 18.5 Å². The molecule has 0 saturated carbocycles. The lowest BCUT2D eigenvalue weighted by Crippen LogP contribution is -2.29. The zero-order chi connectivity index (χ0) is 16.9. The molecule has 24 heavy (non-hydrogen) atoms. The third-order valence-electron chi connectivity index (χ3n) is 4.49. The van der Waals surface area contributed by atoms with Gasteiger partial charge in [0, 0.05) is 11.7 Å². The first-order valence-electron chi connectivity index (χ1n) is 7.78. The second kappa shape index (κ2) is 5.32. The van der Waals surface area contributed by atoms with Gasteiger partial charge in [0.05, 0.1) is 22.5 Å². The molecule has 1 aromatic heterocycles. The van der Waals surface area contributed by atoms with E-state index in [1.54, 1.807) is 12.1 Å². The van der Waals surface area contributed by atoms with E-state index >= 15 is 0 Å². The zero-order valence-electron chi connectivity index (χ0n) is 13.2. The molecule has 0 radical (unpaired) electrons. The number of primary sulfonamides is 1. The molecule has 7 heteroatoms. The van der Waals surface area contributed by atoms with E-state index < -0.39 is 10.0 Å². The zero-order valence-corrected chi connectivity index (χ0v) is 14.0. The number of rotatable bonds is 3. The van der Waals surface area contributed by atoms with Gasteiger partial charge in [-0.05, 0) is 49.2 Å². The Morgan fingerprint density at radius 1 is 1.29 bits per heavy atom. The van der Waals surface area contributed by atoms with E-state index in [1.807, 2.05) is 30.3 Å². The molecule has 0 spiro atoms. The molecule has 1 aliphatic heterocycles. The third-order valence-corrected chi connectivity index (χ3v) is 5.41. The van der Waals surface area contributed by atoms with Crippen LogP contribution >= 0.6 is 0 Å². The average Bonchev–Trinajstić information content (AvgIpc) is 3.07. The number of aromatic nitrogens is 2. The van der Waals surface area contributed by atoms with Crippen LogP contribution in [-0.2, 0) is 23.0 Å². The smallest absolute Gasteiger partial charge is 0.238 e. The summed E-state index contributed by atoms with van der Waals surface area (Å²) in [5, 5.41) is 5.23. The van der Waals surface area contributed by atoms with E-state index in [0.717, 1.165) is 34.5 Å². The van der Waals surface area contributed by atoms with Crippen LogP contribution in [0.1, 0.15) is 18.3 Å². The molecule has 6 nitrogen and oxygen atoms in total. The van der Waals surface area contributed by atoms with Crippen LogP contribution in [0.5, 0.6) is 0 Å². The summed E-state index contributed by atoms with van der Waals surface area (Å²) < 4.78 is 23.1. The maximum atomic E-state index is 11.5. The van der Waals surface area contributed by atoms with E-state index in [0.29, 0.717) is 6.54 Å². The topological polar surface area (TPSA) is 92.1 Å². The SMILES string of the molecule is CC1Cc2cc(S(N)(=O)=O)ccc2N1Cc1nc2ccccc2[nH]1. The molecule has 0 bridgehead atoms. The van der Waals surface area contributed by atoms with Gasteiger partial charge in [0.2, 0.25) is 10.0 Å². The number of para-hydroxylation sites is 2. The Morgan fingerprint density at radius 2 is 2.08 bits per heavy atom. The molecule has 3 aromatic rings. The molecular formula is C17H18N4O2S. The number of H-pyrrole nitrogens is 1. The van der Waals surface area contributed by atoms with Crippen molar-refractivity contribution in [1.82, 2.24) is 9.97 Å². The van der Waals surface area contributed by atoms with Crippen LogP contribution in [0.15, 0.2) is 47.4 Å². The second-order valence-corrected chi connectivity index (χ2v) is 7.78. The number of fused-ring (bicyclic) bond motifs is 2. The predicted octanol–water partition coefficient (Wildman–Crippen LogP) is 2.16. The summed E-state index contributed by atoms with van der Waals surface area (Å²) in [7, 11) is -3.67. The van der Waals surface area contributed by atoms with Crippen molar-refractivity contribution in [3.63, 3.8) is 0 Å². The number of nitrogens with two attached hydrogens (primary N) is 1. The molecule has 0 saturated heterocycles. The number of imidazole rings is 1. The number of aromatic amines is 1. The minimum Gasteiger partial charge on any atom is -0.361 e. The Hall–Kier alpha value is -2.38. The number of anilines is 1. The molecular weight excluding hydrogens is 324 g/mol. The molecule has 3 N–H and O–H groups in total. The fraction of sp³-hybridized carbons (Fsp3) is 0.235. The van der Waals surface area contributed by atoms with Crippen LogP contribution in [0.4, 0.5) is 5.69 Å². The van der Waals surface area contributed by atoms with Gasteiger partial charge in [-0.2, -0.15) is 0 Å². The lowest BCUT2D eigenvalue weighted by molar-refractivity contribution is 0.597. The van der Waals surface area contributed by atoms with Crippen LogP contribution in [0.2, 0.25) is 0 Å². The molecule has 0 aliphatic carbocycles. The lowest BCUT2D eigenvalue weighted by Gasteiger charge is -2.23. The van der Waals surface area contributed by atoms with Crippen molar-refractivity contribution in [2.75, 3.05) is 4.90 Å². The highest BCUT2D eigenvalue weighted by Crippen LogP contribution is 2.34. The minimum atomic E-state index is -3.67. The molecule has 0 amide bonds. The first-order valence-corrected chi connectivity index (χ1v) is 9.32. The Labute approximate surface area is 140 Å². The van der Waals surface area contributed by atoms with Crippen molar-refractivity contribution in [2.24, 2.45) is 5.14 Å². The molecule has 1 aliphatic rings. The fourth-order valence-corrected chi connectivity index (χ4v) is 3.90. The predicted molar refractivity (Wildman–Crippen MR) is 93.3 cm³/mol. The van der Waals surface area contributed by atoms with Gasteiger partial charge in [0.1, 0.15) is 5.82 Å². The van der Waals surface area contributed by atoms with Crippen LogP contribution in [-0.4, -0.2) is 24.4 Å². The highest BCUT2D eigenvalue weighted by atomic mass is 32.2. The van der Waals surface area contributed by atoms with Gasteiger partial charge in [-0.15, -0.1) is 0 Å². The summed E-state index contributed by atoms with van der Waals surface area (Å²) in [5.74, 6) is 0.895. The molecule has 124 valence electrons. The van der Waals surface area contributed by atoms with Gasteiger partial charge in [-0.3, -0.25) is 0 Å². The van der Waals surface area contributed by atoms with E-state index in [4.69, 9.17) is 5.14 Å². The molecule has 1 unspecified atom stereocenters. The van der Waals surface area contributed by atoms with Gasteiger partial charge >= 0.3 is 0 Å². The summed E-state index contributed by atoms with van der Waals surface area (Å²) in [6.07, 6.45) is 0.791. The normalized spacial score (nSPS) is 17.4. The van der Waals surface area contributed by atoms with Gasteiger partial charge in [0.15, 0.2) is 0 Å². The second-order valence-electron chi connectivity index (χ2n) is 6.22. The van der Waals surface area contributed by atoms with Gasteiger partial charge in [-0.1, -0.05) is 12.1 Å². The van der Waals surface area contributed by atoms with Crippen molar-refractivity contribution >= 4 is 26.7 Å². The highest BCUT2D eigenvalue weighted by molar-refractivity contribution is 7.89. The Balaban J connectivity index is 1.68. The van der Waals surface area contributed by atoms with Crippen molar-refractivity contribution in [1.29, 1.82) is 0 Å². The van der Waals surface area contributed by atoms with Gasteiger partial charge in [0.25, 0.3) is 0 Å². The van der Waals surface area contributed by atoms with Crippen LogP contribution in [0.3, 0.4) is 0 Å². The summed E-state index contributed by atoms with van der Waals surface area (Å²) in [6.45, 7) is 2.77. The molecule has 2 heterocycles. The lowest BCUT2D eigenvalue weighted by atomic mass is 10.1. The number of hydrogen-bond acceptors (Lipinski definition) is 4. The monoisotopic (exact) mass is 342 g/mol. The van der Waals surface area contributed by atoms with Crippen molar-refractivity contribution in [3.05, 3.63) is 53.9 Å². The summed E-state index contributed by atoms with van der Waals surface area (Å²) in [5.41, 5.74) is 4.01. The quantitative estimate of drug-likeness (QED) is 0.763. The maximum absolute atomic E-state index is 11.5. The number of nitrogens with one attached hydrogen (secondary N) is 1. The number of benzene rings is 2. The first-order chi connectivity index (χ1) is 11.4. The average molecular weight is 342 g/mol. The molecule has 2 aromatic carbocycles. The third kappa shape index (κ3) is 2.55. The van der Waals surface area contributed by atoms with Crippen molar-refractivity contribution < 1.29 is 8.42 Å². The molecule has 1 atom stereocenters. The highest BCUT2D eigenvalue weighted by Gasteiger charge is 2.28. The van der Waals surface area contributed by atoms with E-state index in [1.165, 1.54) is 0 Å². The summed E-state index contributed by atoms with van der Waals surface area (Å²) in [6, 6.07) is 13.3. The van der Waals surface area contributed by atoms with E-state index in [-0.39, 0.29) is 10.9 Å². The summed E-state index contributed by atoms with van der Waals surface area (Å²) >= 11 is 0. The Morgan fingerprint density at radius 3 is 2.83 bits per heavy atom.